The van der Waals surface area contributed by atoms with Crippen LogP contribution in [0.2, 0.25) is 10.0 Å². The van der Waals surface area contributed by atoms with E-state index in [2.05, 4.69) is 10.2 Å². The fourth-order valence-corrected chi connectivity index (χ4v) is 2.85. The van der Waals surface area contributed by atoms with Gasteiger partial charge in [0.25, 0.3) is 0 Å². The van der Waals surface area contributed by atoms with Crippen molar-refractivity contribution < 1.29 is 4.42 Å². The first kappa shape index (κ1) is 15.9. The second-order valence-corrected chi connectivity index (χ2v) is 6.36. The molecule has 2 heterocycles. The highest BCUT2D eigenvalue weighted by molar-refractivity contribution is 6.30. The molecule has 0 N–H and O–H groups in total. The van der Waals surface area contributed by atoms with Crippen LogP contribution in [0.3, 0.4) is 0 Å². The Morgan fingerprint density at radius 3 is 1.96 bits per heavy atom. The predicted octanol–water partition coefficient (Wildman–Crippen LogP) is 6.38. The molecule has 0 spiro atoms. The van der Waals surface area contributed by atoms with Crippen molar-refractivity contribution in [3.05, 3.63) is 83.0 Å². The quantitative estimate of drug-likeness (QED) is 0.422. The van der Waals surface area contributed by atoms with Gasteiger partial charge in [-0.15, -0.1) is 10.2 Å². The Kier molecular flexibility index (Phi) is 4.26. The summed E-state index contributed by atoms with van der Waals surface area (Å²) in [5.74, 6) is 0.732. The third-order valence-electron chi connectivity index (χ3n) is 3.84. The summed E-state index contributed by atoms with van der Waals surface area (Å²) in [5.41, 5.74) is 4.22. The Morgan fingerprint density at radius 2 is 1.36 bits per heavy atom. The van der Waals surface area contributed by atoms with Crippen molar-refractivity contribution in [2.24, 2.45) is 0 Å². The standard InChI is InChI=1S/C20H12Cl2N2O/c21-15-7-3-13(4-8-15)18-12-17(19-2-1-11-25-19)20(24-23-18)14-5-9-16(22)10-6-14/h1-12H. The van der Waals surface area contributed by atoms with Crippen LogP contribution in [0.4, 0.5) is 0 Å². The van der Waals surface area contributed by atoms with E-state index in [-0.39, 0.29) is 0 Å². The summed E-state index contributed by atoms with van der Waals surface area (Å²) in [7, 11) is 0. The maximum atomic E-state index is 5.99. The minimum atomic E-state index is 0.675. The van der Waals surface area contributed by atoms with Gasteiger partial charge in [-0.05, 0) is 42.5 Å². The minimum absolute atomic E-state index is 0.675. The summed E-state index contributed by atoms with van der Waals surface area (Å²) >= 11 is 12.0. The van der Waals surface area contributed by atoms with Gasteiger partial charge in [0.2, 0.25) is 0 Å². The average Bonchev–Trinajstić information content (AvgIpc) is 3.17. The van der Waals surface area contributed by atoms with Gasteiger partial charge in [0, 0.05) is 26.7 Å². The molecule has 0 bridgehead atoms. The maximum absolute atomic E-state index is 5.99. The summed E-state index contributed by atoms with van der Waals surface area (Å²) < 4.78 is 5.60. The van der Waals surface area contributed by atoms with Gasteiger partial charge >= 0.3 is 0 Å². The van der Waals surface area contributed by atoms with E-state index in [1.165, 1.54) is 0 Å². The zero-order valence-corrected chi connectivity index (χ0v) is 14.5. The summed E-state index contributed by atoms with van der Waals surface area (Å²) in [4.78, 5) is 0. The Morgan fingerprint density at radius 1 is 0.720 bits per heavy atom. The van der Waals surface area contributed by atoms with Crippen LogP contribution in [-0.4, -0.2) is 10.2 Å². The van der Waals surface area contributed by atoms with Gasteiger partial charge in [0.15, 0.2) is 0 Å². The van der Waals surface area contributed by atoms with Crippen LogP contribution in [0.15, 0.2) is 77.4 Å². The molecule has 3 nitrogen and oxygen atoms in total. The first-order chi connectivity index (χ1) is 12.2. The highest BCUT2D eigenvalue weighted by Gasteiger charge is 2.14. The number of nitrogens with zero attached hydrogens (tertiary/aromatic N) is 2. The highest BCUT2D eigenvalue weighted by atomic mass is 35.5. The molecule has 4 rings (SSSR count). The van der Waals surface area contributed by atoms with E-state index in [0.29, 0.717) is 10.0 Å². The van der Waals surface area contributed by atoms with Crippen molar-refractivity contribution in [1.82, 2.24) is 10.2 Å². The summed E-state index contributed by atoms with van der Waals surface area (Å²) in [6.45, 7) is 0. The fourth-order valence-electron chi connectivity index (χ4n) is 2.59. The summed E-state index contributed by atoms with van der Waals surface area (Å²) in [5, 5.41) is 10.2. The second kappa shape index (κ2) is 6.71. The smallest absolute Gasteiger partial charge is 0.136 e. The number of rotatable bonds is 3. The van der Waals surface area contributed by atoms with Crippen molar-refractivity contribution in [3.63, 3.8) is 0 Å². The first-order valence-corrected chi connectivity index (χ1v) is 8.40. The third kappa shape index (κ3) is 3.29. The van der Waals surface area contributed by atoms with Crippen LogP contribution in [0.1, 0.15) is 0 Å². The molecule has 122 valence electrons. The van der Waals surface area contributed by atoms with E-state index in [4.69, 9.17) is 27.6 Å². The van der Waals surface area contributed by atoms with Crippen LogP contribution < -0.4 is 0 Å². The van der Waals surface area contributed by atoms with E-state index in [1.54, 1.807) is 6.26 Å². The van der Waals surface area contributed by atoms with E-state index in [1.807, 2.05) is 66.7 Å². The van der Waals surface area contributed by atoms with E-state index in [9.17, 15) is 0 Å². The molecule has 0 saturated carbocycles. The average molecular weight is 367 g/mol. The van der Waals surface area contributed by atoms with Crippen LogP contribution in [-0.2, 0) is 0 Å². The van der Waals surface area contributed by atoms with Gasteiger partial charge in [0.1, 0.15) is 11.5 Å². The topological polar surface area (TPSA) is 38.9 Å². The normalized spacial score (nSPS) is 10.8. The molecule has 0 amide bonds. The Bertz CT molecular complexity index is 995. The lowest BCUT2D eigenvalue weighted by Gasteiger charge is -2.09. The van der Waals surface area contributed by atoms with E-state index >= 15 is 0 Å². The van der Waals surface area contributed by atoms with Crippen molar-refractivity contribution in [2.75, 3.05) is 0 Å². The van der Waals surface area contributed by atoms with Gasteiger partial charge in [-0.2, -0.15) is 0 Å². The zero-order chi connectivity index (χ0) is 17.2. The molecule has 0 aliphatic carbocycles. The largest absolute Gasteiger partial charge is 0.464 e. The van der Waals surface area contributed by atoms with Gasteiger partial charge < -0.3 is 4.42 Å². The number of halogens is 2. The lowest BCUT2D eigenvalue weighted by atomic mass is 10.0. The molecule has 2 aromatic carbocycles. The van der Waals surface area contributed by atoms with Gasteiger partial charge in [-0.3, -0.25) is 0 Å². The lowest BCUT2D eigenvalue weighted by molar-refractivity contribution is 0.582. The summed E-state index contributed by atoms with van der Waals surface area (Å²) in [6, 6.07) is 20.7. The molecule has 0 fully saturated rings. The first-order valence-electron chi connectivity index (χ1n) is 7.64. The molecular formula is C20H12Cl2N2O. The zero-order valence-electron chi connectivity index (χ0n) is 13.0. The van der Waals surface area contributed by atoms with Crippen LogP contribution in [0, 0.1) is 0 Å². The maximum Gasteiger partial charge on any atom is 0.136 e. The monoisotopic (exact) mass is 366 g/mol. The SMILES string of the molecule is Clc1ccc(-c2cc(-c3ccco3)c(-c3ccc(Cl)cc3)nn2)cc1. The number of furan rings is 1. The molecule has 0 aliphatic heterocycles. The van der Waals surface area contributed by atoms with Gasteiger partial charge in [0.05, 0.1) is 12.0 Å². The van der Waals surface area contributed by atoms with E-state index < -0.39 is 0 Å². The van der Waals surface area contributed by atoms with Crippen LogP contribution >= 0.6 is 23.2 Å². The highest BCUT2D eigenvalue weighted by Crippen LogP contribution is 2.33. The minimum Gasteiger partial charge on any atom is -0.464 e. The summed E-state index contributed by atoms with van der Waals surface area (Å²) in [6.07, 6.45) is 1.64. The predicted molar refractivity (Wildman–Crippen MR) is 101 cm³/mol. The fraction of sp³-hybridized carbons (Fsp3) is 0. The van der Waals surface area contributed by atoms with Crippen LogP contribution in [0.5, 0.6) is 0 Å². The number of hydrogen-bond donors (Lipinski definition) is 0. The van der Waals surface area contributed by atoms with Crippen LogP contribution in [0.25, 0.3) is 33.8 Å². The lowest BCUT2D eigenvalue weighted by Crippen LogP contribution is -1.95. The van der Waals surface area contributed by atoms with Crippen molar-refractivity contribution in [1.29, 1.82) is 0 Å². The molecule has 0 aliphatic rings. The second-order valence-electron chi connectivity index (χ2n) is 5.48. The third-order valence-corrected chi connectivity index (χ3v) is 4.34. The Hall–Kier alpha value is -2.62. The van der Waals surface area contributed by atoms with Crippen molar-refractivity contribution in [2.45, 2.75) is 0 Å². The van der Waals surface area contributed by atoms with Crippen molar-refractivity contribution >= 4 is 23.2 Å². The number of benzene rings is 2. The molecule has 2 aromatic heterocycles. The molecule has 0 radical (unpaired) electrons. The number of aromatic nitrogens is 2. The number of hydrogen-bond acceptors (Lipinski definition) is 3. The molecule has 0 saturated heterocycles. The van der Waals surface area contributed by atoms with E-state index in [0.717, 1.165) is 33.8 Å². The Labute approximate surface area is 154 Å². The molecular weight excluding hydrogens is 355 g/mol. The van der Waals surface area contributed by atoms with Crippen molar-refractivity contribution in [3.8, 4) is 33.8 Å². The molecule has 25 heavy (non-hydrogen) atoms. The molecule has 0 atom stereocenters. The van der Waals surface area contributed by atoms with Gasteiger partial charge in [-0.25, -0.2) is 0 Å². The molecule has 0 unspecified atom stereocenters. The molecule has 5 heteroatoms. The Balaban J connectivity index is 1.87. The van der Waals surface area contributed by atoms with Gasteiger partial charge in [-0.1, -0.05) is 47.5 Å². The molecule has 4 aromatic rings.